The van der Waals surface area contributed by atoms with Crippen LogP contribution >= 0.6 is 0 Å². The van der Waals surface area contributed by atoms with E-state index in [1.807, 2.05) is 6.07 Å². The molecule has 0 unspecified atom stereocenters. The molecule has 5 rings (SSSR count). The van der Waals surface area contributed by atoms with Gasteiger partial charge in [0.25, 0.3) is 0 Å². The molecule has 2 fully saturated rings. The van der Waals surface area contributed by atoms with Gasteiger partial charge in [0.15, 0.2) is 5.82 Å². The fourth-order valence-corrected chi connectivity index (χ4v) is 5.36. The Labute approximate surface area is 226 Å². The summed E-state index contributed by atoms with van der Waals surface area (Å²) in [7, 11) is 2.06. The lowest BCUT2D eigenvalue weighted by Crippen LogP contribution is -2.37. The molecule has 1 saturated heterocycles. The van der Waals surface area contributed by atoms with Gasteiger partial charge >= 0.3 is 0 Å². The van der Waals surface area contributed by atoms with Crippen LogP contribution in [-0.2, 0) is 0 Å². The highest BCUT2D eigenvalue weighted by Crippen LogP contribution is 2.30. The molecule has 3 aromatic rings. The van der Waals surface area contributed by atoms with Crippen LogP contribution in [0.15, 0.2) is 36.7 Å². The fraction of sp³-hybridized carbons (Fsp3) is 0.571. The summed E-state index contributed by atoms with van der Waals surface area (Å²) in [5, 5.41) is 7.87. The van der Waals surface area contributed by atoms with Gasteiger partial charge in [-0.25, -0.2) is 9.97 Å². The summed E-state index contributed by atoms with van der Waals surface area (Å²) in [6.45, 7) is 12.1. The number of hydrogen-bond acceptors (Lipinski definition) is 9. The average molecular weight is 519 g/mol. The molecular weight excluding hydrogens is 476 g/mol. The van der Waals surface area contributed by atoms with E-state index in [-0.39, 0.29) is 5.95 Å². The number of nitrogens with zero attached hydrogens (tertiary/aromatic N) is 8. The van der Waals surface area contributed by atoms with Crippen molar-refractivity contribution in [2.75, 3.05) is 55.7 Å². The van der Waals surface area contributed by atoms with E-state index in [2.05, 4.69) is 92.2 Å². The van der Waals surface area contributed by atoms with Crippen LogP contribution < -0.4 is 16.0 Å². The number of nitrogens with two attached hydrogens (primary N) is 1. The molecule has 0 radical (unpaired) electrons. The molecule has 38 heavy (non-hydrogen) atoms. The fourth-order valence-electron chi connectivity index (χ4n) is 5.36. The molecule has 3 N–H and O–H groups in total. The zero-order valence-corrected chi connectivity index (χ0v) is 23.2. The summed E-state index contributed by atoms with van der Waals surface area (Å²) in [4.78, 5) is 20.5. The summed E-state index contributed by atoms with van der Waals surface area (Å²) < 4.78 is 1.56. The monoisotopic (exact) mass is 518 g/mol. The maximum atomic E-state index is 6.23. The van der Waals surface area contributed by atoms with Crippen molar-refractivity contribution in [2.24, 2.45) is 0 Å². The van der Waals surface area contributed by atoms with Gasteiger partial charge in [-0.05, 0) is 82.8 Å². The quantitative estimate of drug-likeness (QED) is 0.391. The van der Waals surface area contributed by atoms with Gasteiger partial charge in [0.05, 0.1) is 0 Å². The number of nitrogens with one attached hydrogen (secondary N) is 1. The van der Waals surface area contributed by atoms with Gasteiger partial charge in [-0.15, -0.1) is 5.10 Å². The Hall–Kier alpha value is -3.24. The lowest BCUT2D eigenvalue weighted by atomic mass is 9.89. The highest BCUT2D eigenvalue weighted by Gasteiger charge is 2.27. The summed E-state index contributed by atoms with van der Waals surface area (Å²) in [5.74, 6) is 2.77. The first-order valence-corrected chi connectivity index (χ1v) is 14.0. The van der Waals surface area contributed by atoms with Gasteiger partial charge in [-0.3, -0.25) is 4.90 Å². The molecule has 0 spiro atoms. The number of piperidine rings is 1. The second-order valence-corrected chi connectivity index (χ2v) is 10.9. The number of aromatic nitrogens is 5. The first-order chi connectivity index (χ1) is 18.4. The minimum absolute atomic E-state index is 0.277. The normalized spacial score (nSPS) is 16.9. The highest BCUT2D eigenvalue weighted by molar-refractivity contribution is 5.55. The predicted octanol–water partition coefficient (Wildman–Crippen LogP) is 3.89. The molecule has 0 atom stereocenters. The van der Waals surface area contributed by atoms with Crippen molar-refractivity contribution in [3.8, 4) is 5.82 Å². The van der Waals surface area contributed by atoms with Crippen molar-refractivity contribution in [1.29, 1.82) is 0 Å². The van der Waals surface area contributed by atoms with Crippen LogP contribution in [0.1, 0.15) is 57.9 Å². The van der Waals surface area contributed by atoms with Gasteiger partial charge in [0.1, 0.15) is 12.1 Å². The smallest absolute Gasteiger partial charge is 0.248 e. The third-order valence-electron chi connectivity index (χ3n) is 7.97. The Morgan fingerprint density at radius 3 is 2.45 bits per heavy atom. The van der Waals surface area contributed by atoms with Crippen molar-refractivity contribution < 1.29 is 0 Å². The molecule has 1 saturated carbocycles. The molecule has 204 valence electrons. The second-order valence-electron chi connectivity index (χ2n) is 10.9. The largest absolute Gasteiger partial charge is 0.368 e. The SMILES string of the molecule is CCN(CCN(C)c1cc(-n2nc(Nc3ccc(C4CCN(C(C)C)CC4)cc3)nc2N)ncn1)C1CC1. The zero-order valence-electron chi connectivity index (χ0n) is 23.2. The van der Waals surface area contributed by atoms with Crippen molar-refractivity contribution in [1.82, 2.24) is 34.5 Å². The Morgan fingerprint density at radius 2 is 1.79 bits per heavy atom. The Kier molecular flexibility index (Phi) is 8.09. The molecule has 0 bridgehead atoms. The van der Waals surface area contributed by atoms with Crippen LogP contribution in [0.3, 0.4) is 0 Å². The molecule has 2 aliphatic rings. The number of likely N-dealkylation sites (tertiary alicyclic amines) is 1. The molecule has 1 aromatic carbocycles. The molecule has 1 aliphatic carbocycles. The molecular formula is C28H42N10. The first kappa shape index (κ1) is 26.4. The maximum Gasteiger partial charge on any atom is 0.248 e. The van der Waals surface area contributed by atoms with E-state index in [0.717, 1.165) is 37.2 Å². The van der Waals surface area contributed by atoms with E-state index in [1.54, 1.807) is 11.0 Å². The lowest BCUT2D eigenvalue weighted by molar-refractivity contribution is 0.172. The average Bonchev–Trinajstić information content (AvgIpc) is 3.71. The summed E-state index contributed by atoms with van der Waals surface area (Å²) in [5.41, 5.74) is 8.56. The number of anilines is 4. The van der Waals surface area contributed by atoms with Gasteiger partial charge in [-0.1, -0.05) is 19.1 Å². The molecule has 10 nitrogen and oxygen atoms in total. The topological polar surface area (TPSA) is 104 Å². The lowest BCUT2D eigenvalue weighted by Gasteiger charge is -2.34. The van der Waals surface area contributed by atoms with Crippen LogP contribution in [0, 0.1) is 0 Å². The third kappa shape index (κ3) is 6.24. The number of hydrogen-bond donors (Lipinski definition) is 2. The van der Waals surface area contributed by atoms with Crippen LogP contribution in [0.25, 0.3) is 5.82 Å². The first-order valence-electron chi connectivity index (χ1n) is 14.0. The standard InChI is InChI=1S/C28H42N10/c1-5-36(24-10-11-24)17-16-35(4)25-18-26(31-19-30-25)38-27(29)33-28(34-38)32-23-8-6-21(7-9-23)22-12-14-37(15-13-22)20(2)3/h6-9,18-20,22,24H,5,10-17H2,1-4H3,(H3,29,32,33,34). The van der Waals surface area contributed by atoms with E-state index < -0.39 is 0 Å². The van der Waals surface area contributed by atoms with Crippen LogP contribution in [-0.4, -0.2) is 86.4 Å². The van der Waals surface area contributed by atoms with Gasteiger partial charge in [0, 0.05) is 44.0 Å². The third-order valence-corrected chi connectivity index (χ3v) is 7.97. The van der Waals surface area contributed by atoms with E-state index in [4.69, 9.17) is 5.73 Å². The van der Waals surface area contributed by atoms with Gasteiger partial charge in [0.2, 0.25) is 11.9 Å². The predicted molar refractivity (Wildman–Crippen MR) is 153 cm³/mol. The second kappa shape index (κ2) is 11.7. The minimum atomic E-state index is 0.277. The van der Waals surface area contributed by atoms with Crippen molar-refractivity contribution in [2.45, 2.75) is 64.5 Å². The highest BCUT2D eigenvalue weighted by atomic mass is 15.4. The number of likely N-dealkylation sites (N-methyl/N-ethyl adjacent to an activating group) is 2. The molecule has 2 aromatic heterocycles. The van der Waals surface area contributed by atoms with Crippen LogP contribution in [0.5, 0.6) is 0 Å². The zero-order chi connectivity index (χ0) is 26.6. The summed E-state index contributed by atoms with van der Waals surface area (Å²) in [6.07, 6.45) is 6.61. The summed E-state index contributed by atoms with van der Waals surface area (Å²) in [6, 6.07) is 11.9. The number of nitrogen functional groups attached to an aromatic ring is 1. The molecule has 3 heterocycles. The van der Waals surface area contributed by atoms with Crippen molar-refractivity contribution in [3.05, 3.63) is 42.2 Å². The van der Waals surface area contributed by atoms with Crippen LogP contribution in [0.4, 0.5) is 23.4 Å². The Bertz CT molecular complexity index is 1180. The Balaban J connectivity index is 1.21. The minimum Gasteiger partial charge on any atom is -0.368 e. The summed E-state index contributed by atoms with van der Waals surface area (Å²) >= 11 is 0. The van der Waals surface area contributed by atoms with E-state index >= 15 is 0 Å². The van der Waals surface area contributed by atoms with E-state index in [9.17, 15) is 0 Å². The van der Waals surface area contributed by atoms with Gasteiger partial charge in [-0.2, -0.15) is 9.67 Å². The number of benzene rings is 1. The maximum absolute atomic E-state index is 6.23. The Morgan fingerprint density at radius 1 is 1.05 bits per heavy atom. The molecule has 10 heteroatoms. The van der Waals surface area contributed by atoms with E-state index in [1.165, 1.54) is 44.3 Å². The van der Waals surface area contributed by atoms with Crippen molar-refractivity contribution >= 4 is 23.4 Å². The van der Waals surface area contributed by atoms with Crippen LogP contribution in [0.2, 0.25) is 0 Å². The van der Waals surface area contributed by atoms with Crippen molar-refractivity contribution in [3.63, 3.8) is 0 Å². The number of rotatable bonds is 11. The molecule has 1 aliphatic heterocycles. The van der Waals surface area contributed by atoms with Gasteiger partial charge < -0.3 is 20.9 Å². The van der Waals surface area contributed by atoms with E-state index in [0.29, 0.717) is 23.7 Å². The molecule has 0 amide bonds.